The third-order valence-electron chi connectivity index (χ3n) is 5.41. The molecule has 0 bridgehead atoms. The highest BCUT2D eigenvalue weighted by Gasteiger charge is 2.48. The van der Waals surface area contributed by atoms with Gasteiger partial charge >= 0.3 is 0 Å². The van der Waals surface area contributed by atoms with Crippen molar-refractivity contribution < 1.29 is 17.8 Å². The van der Waals surface area contributed by atoms with Crippen molar-refractivity contribution in [2.24, 2.45) is 15.1 Å². The molecule has 1 aromatic carbocycles. The number of halogens is 3. The Hall–Kier alpha value is -2.59. The monoisotopic (exact) mass is 483 g/mol. The topological polar surface area (TPSA) is 110 Å². The van der Waals surface area contributed by atoms with E-state index in [-0.39, 0.29) is 35.1 Å². The first kappa shape index (κ1) is 24.1. The molecule has 3 rings (SSSR count). The Morgan fingerprint density at radius 1 is 1.31 bits per heavy atom. The zero-order chi connectivity index (χ0) is 23.7. The van der Waals surface area contributed by atoms with Crippen LogP contribution in [0.2, 0.25) is 5.02 Å². The molecule has 2 heterocycles. The Morgan fingerprint density at radius 2 is 2.03 bits per heavy atom. The molecule has 0 aliphatic carbocycles. The molecule has 3 N–H and O–H groups in total. The molecule has 0 radical (unpaired) electrons. The third-order valence-corrected chi connectivity index (χ3v) is 8.99. The SMILES string of the molecule is CC1(C)C(N)=N[C@](C)(c2cc(NC(=O)c3ccc(Cl)cn3)ccc2F)CS1(=O)=NCCF. The number of carbonyl (C=O) groups is 1. The van der Waals surface area contributed by atoms with Crippen molar-refractivity contribution in [1.29, 1.82) is 0 Å². The lowest BCUT2D eigenvalue weighted by atomic mass is 9.92. The summed E-state index contributed by atoms with van der Waals surface area (Å²) in [6, 6.07) is 6.96. The summed E-state index contributed by atoms with van der Waals surface area (Å²) in [6.07, 6.45) is 1.34. The number of alkyl halides is 1. The van der Waals surface area contributed by atoms with Gasteiger partial charge in [0.1, 0.15) is 34.3 Å². The lowest BCUT2D eigenvalue weighted by Gasteiger charge is -2.40. The molecule has 172 valence electrons. The highest BCUT2D eigenvalue weighted by molar-refractivity contribution is 7.95. The second kappa shape index (κ2) is 8.74. The number of aliphatic imine (C=N–C) groups is 1. The molecular formula is C21H24ClF2N5O2S. The fourth-order valence-electron chi connectivity index (χ4n) is 3.41. The molecule has 0 fully saturated rings. The van der Waals surface area contributed by atoms with Crippen molar-refractivity contribution in [3.8, 4) is 0 Å². The summed E-state index contributed by atoms with van der Waals surface area (Å²) in [5.74, 6) is -1.24. The number of rotatable bonds is 5. The number of hydrogen-bond acceptors (Lipinski definition) is 6. The average Bonchev–Trinajstić information content (AvgIpc) is 2.72. The third kappa shape index (κ3) is 4.47. The van der Waals surface area contributed by atoms with Gasteiger partial charge in [-0.25, -0.2) is 22.3 Å². The van der Waals surface area contributed by atoms with Crippen LogP contribution in [0.5, 0.6) is 0 Å². The Labute approximate surface area is 190 Å². The van der Waals surface area contributed by atoms with Crippen LogP contribution in [0, 0.1) is 5.82 Å². The second-order valence-corrected chi connectivity index (χ2v) is 11.4. The summed E-state index contributed by atoms with van der Waals surface area (Å²) >= 11 is 5.79. The predicted octanol–water partition coefficient (Wildman–Crippen LogP) is 3.93. The fourth-order valence-corrected chi connectivity index (χ4v) is 6.01. The molecule has 2 atom stereocenters. The Morgan fingerprint density at radius 3 is 2.66 bits per heavy atom. The maximum atomic E-state index is 14.9. The maximum absolute atomic E-state index is 14.9. The lowest BCUT2D eigenvalue weighted by molar-refractivity contribution is 0.102. The Bertz CT molecular complexity index is 1190. The minimum Gasteiger partial charge on any atom is -0.386 e. The van der Waals surface area contributed by atoms with E-state index in [1.54, 1.807) is 20.8 Å². The van der Waals surface area contributed by atoms with Crippen LogP contribution in [0.4, 0.5) is 14.5 Å². The summed E-state index contributed by atoms with van der Waals surface area (Å²) in [7, 11) is -3.08. The van der Waals surface area contributed by atoms with E-state index < -0.39 is 38.4 Å². The smallest absolute Gasteiger partial charge is 0.274 e. The number of anilines is 1. The van der Waals surface area contributed by atoms with Gasteiger partial charge in [-0.2, -0.15) is 0 Å². The van der Waals surface area contributed by atoms with Gasteiger partial charge < -0.3 is 11.1 Å². The molecule has 11 heteroatoms. The molecule has 1 unspecified atom stereocenters. The van der Waals surface area contributed by atoms with Gasteiger partial charge in [-0.3, -0.25) is 9.79 Å². The molecule has 1 aromatic heterocycles. The van der Waals surface area contributed by atoms with Gasteiger partial charge in [0.05, 0.1) is 27.0 Å². The number of amides is 1. The number of nitrogens with two attached hydrogens (primary N) is 1. The van der Waals surface area contributed by atoms with Gasteiger partial charge in [0.2, 0.25) is 0 Å². The Kier molecular flexibility index (Phi) is 6.57. The van der Waals surface area contributed by atoms with Crippen molar-refractivity contribution in [2.45, 2.75) is 31.1 Å². The zero-order valence-electron chi connectivity index (χ0n) is 17.9. The Balaban J connectivity index is 2.02. The van der Waals surface area contributed by atoms with Crippen LogP contribution in [0.15, 0.2) is 45.9 Å². The largest absolute Gasteiger partial charge is 0.386 e. The normalized spacial score (nSPS) is 24.5. The predicted molar refractivity (Wildman–Crippen MR) is 123 cm³/mol. The summed E-state index contributed by atoms with van der Waals surface area (Å²) in [5, 5.41) is 3.03. The minimum absolute atomic E-state index is 0.0399. The van der Waals surface area contributed by atoms with Crippen molar-refractivity contribution in [3.05, 3.63) is 58.6 Å². The quantitative estimate of drug-likeness (QED) is 0.671. The zero-order valence-corrected chi connectivity index (χ0v) is 19.4. The van der Waals surface area contributed by atoms with E-state index >= 15 is 0 Å². The van der Waals surface area contributed by atoms with E-state index in [0.717, 1.165) is 0 Å². The second-order valence-electron chi connectivity index (χ2n) is 8.12. The standard InChI is InChI=1S/C21H24ClF2N5O2S/c1-20(2)19(25)29-21(3,12-32(20,31)27-9-8-23)15-10-14(5-6-16(15)24)28-18(30)17-7-4-13(22)11-26-17/h4-7,10-11H,8-9,12H2,1-3H3,(H2,25,29)(H,28,30)/t21-,32?/m0/s1. The van der Waals surface area contributed by atoms with Gasteiger partial charge in [0.15, 0.2) is 0 Å². The molecule has 2 aromatic rings. The lowest BCUT2D eigenvalue weighted by Crippen LogP contribution is -2.55. The molecule has 7 nitrogen and oxygen atoms in total. The average molecular weight is 484 g/mol. The number of amidine groups is 1. The van der Waals surface area contributed by atoms with Gasteiger partial charge in [-0.15, -0.1) is 0 Å². The fraction of sp³-hybridized carbons (Fsp3) is 0.381. The van der Waals surface area contributed by atoms with E-state index in [1.807, 2.05) is 0 Å². The number of nitrogens with zero attached hydrogens (tertiary/aromatic N) is 3. The van der Waals surface area contributed by atoms with Crippen LogP contribution in [-0.2, 0) is 15.3 Å². The van der Waals surface area contributed by atoms with E-state index in [2.05, 4.69) is 19.7 Å². The molecule has 0 saturated heterocycles. The first-order chi connectivity index (χ1) is 14.9. The minimum atomic E-state index is -3.08. The first-order valence-electron chi connectivity index (χ1n) is 9.77. The highest BCUT2D eigenvalue weighted by Crippen LogP contribution is 2.39. The molecule has 32 heavy (non-hydrogen) atoms. The van der Waals surface area contributed by atoms with Gasteiger partial charge in [-0.05, 0) is 51.1 Å². The summed E-state index contributed by atoms with van der Waals surface area (Å²) in [4.78, 5) is 20.9. The van der Waals surface area contributed by atoms with E-state index in [9.17, 15) is 17.8 Å². The van der Waals surface area contributed by atoms with Gasteiger partial charge in [-0.1, -0.05) is 11.6 Å². The van der Waals surface area contributed by atoms with Crippen molar-refractivity contribution in [2.75, 3.05) is 24.3 Å². The number of pyridine rings is 1. The molecule has 1 amide bonds. The number of carbonyl (C=O) groups excluding carboxylic acids is 1. The van der Waals surface area contributed by atoms with E-state index in [0.29, 0.717) is 5.02 Å². The number of aromatic nitrogens is 1. The summed E-state index contributed by atoms with van der Waals surface area (Å²) < 4.78 is 44.4. The van der Waals surface area contributed by atoms with Crippen LogP contribution < -0.4 is 11.1 Å². The van der Waals surface area contributed by atoms with Gasteiger partial charge in [0, 0.05) is 17.4 Å². The summed E-state index contributed by atoms with van der Waals surface area (Å²) in [6.45, 7) is 3.82. The molecule has 0 spiro atoms. The van der Waals surface area contributed by atoms with E-state index in [1.165, 1.54) is 36.5 Å². The van der Waals surface area contributed by atoms with Crippen LogP contribution in [-0.4, -0.2) is 44.7 Å². The van der Waals surface area contributed by atoms with Gasteiger partial charge in [0.25, 0.3) is 5.91 Å². The summed E-state index contributed by atoms with van der Waals surface area (Å²) in [5.41, 5.74) is 5.30. The molecule has 1 aliphatic rings. The first-order valence-corrected chi connectivity index (χ1v) is 11.8. The number of benzene rings is 1. The number of hydrogen-bond donors (Lipinski definition) is 2. The molecular weight excluding hydrogens is 460 g/mol. The van der Waals surface area contributed by atoms with Crippen LogP contribution in [0.25, 0.3) is 0 Å². The van der Waals surface area contributed by atoms with Crippen LogP contribution in [0.3, 0.4) is 0 Å². The maximum Gasteiger partial charge on any atom is 0.274 e. The highest BCUT2D eigenvalue weighted by atomic mass is 35.5. The van der Waals surface area contributed by atoms with E-state index in [4.69, 9.17) is 17.3 Å². The number of nitrogens with one attached hydrogen (secondary N) is 1. The molecule has 0 saturated carbocycles. The van der Waals surface area contributed by atoms with Crippen molar-refractivity contribution in [1.82, 2.24) is 4.98 Å². The molecule has 1 aliphatic heterocycles. The van der Waals surface area contributed by atoms with Crippen molar-refractivity contribution in [3.63, 3.8) is 0 Å². The van der Waals surface area contributed by atoms with Crippen molar-refractivity contribution >= 4 is 38.8 Å². The van der Waals surface area contributed by atoms with Crippen LogP contribution >= 0.6 is 11.6 Å². The van der Waals surface area contributed by atoms with Crippen LogP contribution in [0.1, 0.15) is 36.8 Å².